The highest BCUT2D eigenvalue weighted by Gasteiger charge is 2.24. The van der Waals surface area contributed by atoms with E-state index in [1.165, 1.54) is 23.2 Å². The Labute approximate surface area is 243 Å². The molecule has 1 aliphatic carbocycles. The lowest BCUT2D eigenvalue weighted by atomic mass is 9.81. The predicted molar refractivity (Wildman–Crippen MR) is 161 cm³/mol. The average Bonchev–Trinajstić information content (AvgIpc) is 3.52. The highest BCUT2D eigenvalue weighted by molar-refractivity contribution is 7.90. The van der Waals surface area contributed by atoms with Gasteiger partial charge in [0.1, 0.15) is 37.9 Å². The molecule has 4 aromatic rings. The molecule has 1 unspecified atom stereocenters. The minimum absolute atomic E-state index is 0.166. The van der Waals surface area contributed by atoms with Gasteiger partial charge >= 0.3 is 0 Å². The molecule has 0 saturated heterocycles. The Morgan fingerprint density at radius 3 is 2.65 bits per heavy atom. The molecule has 0 bridgehead atoms. The number of ether oxygens (including phenoxy) is 1. The van der Waals surface area contributed by atoms with Gasteiger partial charge in [-0.1, -0.05) is 35.9 Å². The third-order valence-electron chi connectivity index (χ3n) is 7.47. The number of fused-ring (bicyclic) bond motifs is 1. The zero-order valence-corrected chi connectivity index (χ0v) is 24.9. The molecule has 5 rings (SSSR count). The van der Waals surface area contributed by atoms with Crippen LogP contribution in [0.2, 0.25) is 5.02 Å². The lowest BCUT2D eigenvalue weighted by molar-refractivity contribution is 0.0998. The van der Waals surface area contributed by atoms with Gasteiger partial charge in [-0.05, 0) is 62.3 Å². The molecule has 1 fully saturated rings. The molecule has 1 saturated carbocycles. The summed E-state index contributed by atoms with van der Waals surface area (Å²) in [5.41, 5.74) is 9.62. The molecule has 2 aromatic heterocycles. The van der Waals surface area contributed by atoms with Crippen LogP contribution in [0.15, 0.2) is 54.9 Å². The van der Waals surface area contributed by atoms with Crippen LogP contribution in [0.1, 0.15) is 65.4 Å². The number of hydrogen-bond donors (Lipinski definition) is 2. The molecule has 1 atom stereocenters. The monoisotopic (exact) mass is 600 g/mol. The van der Waals surface area contributed by atoms with E-state index in [2.05, 4.69) is 22.4 Å². The molecule has 2 aromatic carbocycles. The molecule has 40 heavy (non-hydrogen) atoms. The fraction of sp³-hybridized carbons (Fsp3) is 0.379. The zero-order valence-electron chi connectivity index (χ0n) is 22.5. The maximum absolute atomic E-state index is 12.3. The predicted octanol–water partition coefficient (Wildman–Crippen LogP) is 5.64. The number of halogens is 1. The van der Waals surface area contributed by atoms with Gasteiger partial charge in [-0.15, -0.1) is 11.3 Å². The topological polar surface area (TPSA) is 116 Å². The van der Waals surface area contributed by atoms with E-state index in [9.17, 15) is 13.2 Å². The molecule has 0 aliphatic heterocycles. The first-order valence-electron chi connectivity index (χ1n) is 13.3. The summed E-state index contributed by atoms with van der Waals surface area (Å²) in [6, 6.07) is 16.0. The van der Waals surface area contributed by atoms with Crippen molar-refractivity contribution in [3.05, 3.63) is 75.9 Å². The quantitative estimate of drug-likeness (QED) is 0.243. The maximum atomic E-state index is 12.3. The summed E-state index contributed by atoms with van der Waals surface area (Å²) in [6.07, 6.45) is 6.71. The number of primary amides is 1. The number of thiophene rings is 1. The van der Waals surface area contributed by atoms with Crippen LogP contribution in [0.25, 0.3) is 16.0 Å². The number of amides is 1. The van der Waals surface area contributed by atoms with Crippen LogP contribution in [0.5, 0.6) is 5.75 Å². The first kappa shape index (κ1) is 28.6. The summed E-state index contributed by atoms with van der Waals surface area (Å²) in [5, 5.41) is 4.78. The molecule has 2 heterocycles. The van der Waals surface area contributed by atoms with Gasteiger partial charge in [0.15, 0.2) is 0 Å². The second-order valence-electron chi connectivity index (χ2n) is 10.4. The van der Waals surface area contributed by atoms with Crippen molar-refractivity contribution in [1.29, 1.82) is 0 Å². The minimum Gasteiger partial charge on any atom is -0.484 e. The van der Waals surface area contributed by atoms with Gasteiger partial charge in [-0.25, -0.2) is 13.4 Å². The van der Waals surface area contributed by atoms with E-state index in [1.54, 1.807) is 6.33 Å². The SMILES string of the molecule is CC(Oc1cc(-n2cnc3ccc(C4CCC(NCCS(C)(=O)=O)CC4)cc32)sc1C(N)=O)c1ccccc1Cl. The Hall–Kier alpha value is -2.92. The molecule has 0 radical (unpaired) electrons. The summed E-state index contributed by atoms with van der Waals surface area (Å²) in [5.74, 6) is 0.448. The smallest absolute Gasteiger partial charge is 0.262 e. The number of nitrogens with two attached hydrogens (primary N) is 1. The number of aromatic nitrogens is 2. The Morgan fingerprint density at radius 1 is 1.20 bits per heavy atom. The van der Waals surface area contributed by atoms with Gasteiger partial charge in [0.2, 0.25) is 0 Å². The molecular weight excluding hydrogens is 568 g/mol. The van der Waals surface area contributed by atoms with Crippen LogP contribution in [0, 0.1) is 0 Å². The largest absolute Gasteiger partial charge is 0.484 e. The van der Waals surface area contributed by atoms with Gasteiger partial charge in [-0.2, -0.15) is 0 Å². The Kier molecular flexibility index (Phi) is 8.51. The third-order valence-corrected chi connectivity index (χ3v) is 9.89. The van der Waals surface area contributed by atoms with Crippen molar-refractivity contribution in [1.82, 2.24) is 14.9 Å². The number of benzene rings is 2. The third kappa shape index (κ3) is 6.52. The van der Waals surface area contributed by atoms with Crippen molar-refractivity contribution >= 4 is 49.7 Å². The molecular formula is C29H33ClN4O4S2. The lowest BCUT2D eigenvalue weighted by Gasteiger charge is -2.29. The summed E-state index contributed by atoms with van der Waals surface area (Å²) in [4.78, 5) is 17.3. The Bertz CT molecular complexity index is 1620. The van der Waals surface area contributed by atoms with E-state index in [0.29, 0.717) is 34.2 Å². The van der Waals surface area contributed by atoms with Crippen LogP contribution >= 0.6 is 22.9 Å². The molecule has 8 nitrogen and oxygen atoms in total. The highest BCUT2D eigenvalue weighted by Crippen LogP contribution is 2.38. The van der Waals surface area contributed by atoms with Gasteiger partial charge < -0.3 is 15.8 Å². The van der Waals surface area contributed by atoms with E-state index < -0.39 is 15.7 Å². The second-order valence-corrected chi connectivity index (χ2v) is 14.1. The van der Waals surface area contributed by atoms with E-state index in [-0.39, 0.29) is 11.9 Å². The Morgan fingerprint density at radius 2 is 1.95 bits per heavy atom. The molecule has 3 N–H and O–H groups in total. The van der Waals surface area contributed by atoms with E-state index in [0.717, 1.165) is 47.3 Å². The molecule has 0 spiro atoms. The standard InChI is InChI=1S/C29H33ClN4O4S2/c1-18(22-5-3-4-6-23(22)30)38-26-16-27(39-28(26)29(31)35)34-17-33-24-12-9-20(15-25(24)34)19-7-10-21(11-8-19)32-13-14-40(2,36)37/h3-6,9,12,15-19,21,32H,7-8,10-11,13-14H2,1-2H3,(H2,31,35). The number of carbonyl (C=O) groups is 1. The second kappa shape index (κ2) is 11.9. The van der Waals surface area contributed by atoms with Crippen molar-refractivity contribution < 1.29 is 17.9 Å². The normalized spacial score (nSPS) is 18.6. The first-order valence-corrected chi connectivity index (χ1v) is 16.6. The molecule has 11 heteroatoms. The number of rotatable bonds is 10. The van der Waals surface area contributed by atoms with Crippen LogP contribution in [0.3, 0.4) is 0 Å². The van der Waals surface area contributed by atoms with Crippen LogP contribution < -0.4 is 15.8 Å². The average molecular weight is 601 g/mol. The summed E-state index contributed by atoms with van der Waals surface area (Å²) < 4.78 is 31.0. The van der Waals surface area contributed by atoms with Gasteiger partial charge in [-0.3, -0.25) is 9.36 Å². The summed E-state index contributed by atoms with van der Waals surface area (Å²) in [7, 11) is -2.96. The zero-order chi connectivity index (χ0) is 28.4. The van der Waals surface area contributed by atoms with Crippen molar-refractivity contribution in [2.24, 2.45) is 5.73 Å². The number of hydrogen-bond acceptors (Lipinski definition) is 7. The van der Waals surface area contributed by atoms with Crippen molar-refractivity contribution in [2.45, 2.75) is 50.7 Å². The van der Waals surface area contributed by atoms with E-state index in [4.69, 9.17) is 22.1 Å². The molecule has 212 valence electrons. The highest BCUT2D eigenvalue weighted by atomic mass is 35.5. The fourth-order valence-corrected chi connectivity index (χ4v) is 7.04. The van der Waals surface area contributed by atoms with Crippen molar-refractivity contribution in [3.8, 4) is 10.8 Å². The van der Waals surface area contributed by atoms with Crippen LogP contribution in [0.4, 0.5) is 0 Å². The van der Waals surface area contributed by atoms with Gasteiger partial charge in [0, 0.05) is 35.5 Å². The number of nitrogens with zero attached hydrogens (tertiary/aromatic N) is 2. The maximum Gasteiger partial charge on any atom is 0.262 e. The van der Waals surface area contributed by atoms with E-state index >= 15 is 0 Å². The minimum atomic E-state index is -2.96. The van der Waals surface area contributed by atoms with Crippen LogP contribution in [-0.4, -0.2) is 48.5 Å². The van der Waals surface area contributed by atoms with Gasteiger partial charge in [0.05, 0.1) is 16.8 Å². The number of imidazole rings is 1. The van der Waals surface area contributed by atoms with E-state index in [1.807, 2.05) is 47.9 Å². The summed E-state index contributed by atoms with van der Waals surface area (Å²) >= 11 is 7.63. The first-order chi connectivity index (χ1) is 19.1. The number of nitrogens with one attached hydrogen (secondary N) is 1. The number of sulfone groups is 1. The van der Waals surface area contributed by atoms with Gasteiger partial charge in [0.25, 0.3) is 5.91 Å². The number of carbonyl (C=O) groups excluding carboxylic acids is 1. The lowest BCUT2D eigenvalue weighted by Crippen LogP contribution is -2.35. The fourth-order valence-electron chi connectivity index (χ4n) is 5.33. The van der Waals surface area contributed by atoms with Crippen molar-refractivity contribution in [3.63, 3.8) is 0 Å². The van der Waals surface area contributed by atoms with Crippen LogP contribution in [-0.2, 0) is 9.84 Å². The van der Waals surface area contributed by atoms with Crippen molar-refractivity contribution in [2.75, 3.05) is 18.6 Å². The molecule has 1 aliphatic rings. The molecule has 1 amide bonds. The summed E-state index contributed by atoms with van der Waals surface area (Å²) in [6.45, 7) is 2.38. The Balaban J connectivity index is 1.34.